The van der Waals surface area contributed by atoms with Gasteiger partial charge in [-0.1, -0.05) is 5.16 Å². The maximum atomic E-state index is 13.8. The molecule has 4 rings (SSSR count). The van der Waals surface area contributed by atoms with Crippen molar-refractivity contribution in [2.75, 3.05) is 11.4 Å². The van der Waals surface area contributed by atoms with Crippen LogP contribution in [0.5, 0.6) is 0 Å². The van der Waals surface area contributed by atoms with E-state index in [0.717, 1.165) is 25.0 Å². The van der Waals surface area contributed by atoms with Crippen LogP contribution in [0, 0.1) is 11.6 Å². The van der Waals surface area contributed by atoms with Gasteiger partial charge in [-0.05, 0) is 25.0 Å². The first-order valence-electron chi connectivity index (χ1n) is 7.20. The molecule has 1 aliphatic carbocycles. The number of carbonyl (C=O) groups is 1. The number of aromatic nitrogens is 2. The van der Waals surface area contributed by atoms with E-state index in [0.29, 0.717) is 17.6 Å². The molecule has 5 nitrogen and oxygen atoms in total. The van der Waals surface area contributed by atoms with Crippen LogP contribution in [0.2, 0.25) is 0 Å². The molecular weight excluding hydrogens is 292 g/mol. The van der Waals surface area contributed by atoms with Gasteiger partial charge < -0.3 is 9.42 Å². The monoisotopic (exact) mass is 305 g/mol. The fraction of sp³-hybridized carbons (Fsp3) is 0.400. The van der Waals surface area contributed by atoms with Crippen molar-refractivity contribution >= 4 is 11.6 Å². The topological polar surface area (TPSA) is 59.2 Å². The molecule has 1 saturated heterocycles. The van der Waals surface area contributed by atoms with Gasteiger partial charge in [0.2, 0.25) is 11.8 Å². The fourth-order valence-corrected chi connectivity index (χ4v) is 2.73. The Labute approximate surface area is 124 Å². The molecule has 1 unspecified atom stereocenters. The molecule has 114 valence electrons. The van der Waals surface area contributed by atoms with Gasteiger partial charge in [0.05, 0.1) is 11.6 Å². The number of rotatable bonds is 3. The molecule has 1 saturated carbocycles. The predicted octanol–water partition coefficient (Wildman–Crippen LogP) is 2.75. The fourth-order valence-electron chi connectivity index (χ4n) is 2.73. The molecule has 2 heterocycles. The normalized spacial score (nSPS) is 21.6. The number of benzene rings is 1. The van der Waals surface area contributed by atoms with Crippen molar-refractivity contribution in [3.63, 3.8) is 0 Å². The van der Waals surface area contributed by atoms with Crippen LogP contribution in [0.3, 0.4) is 0 Å². The number of hydrogen-bond acceptors (Lipinski definition) is 4. The van der Waals surface area contributed by atoms with E-state index in [1.165, 1.54) is 11.0 Å². The summed E-state index contributed by atoms with van der Waals surface area (Å²) in [6.45, 7) is 0.258. The second-order valence-electron chi connectivity index (χ2n) is 5.77. The van der Waals surface area contributed by atoms with Crippen LogP contribution in [0.15, 0.2) is 22.7 Å². The Morgan fingerprint density at radius 1 is 1.23 bits per heavy atom. The summed E-state index contributed by atoms with van der Waals surface area (Å²) >= 11 is 0. The van der Waals surface area contributed by atoms with E-state index >= 15 is 0 Å². The zero-order valence-electron chi connectivity index (χ0n) is 11.6. The van der Waals surface area contributed by atoms with Gasteiger partial charge in [0.25, 0.3) is 0 Å². The molecule has 2 fully saturated rings. The molecule has 0 N–H and O–H groups in total. The van der Waals surface area contributed by atoms with Gasteiger partial charge in [0.15, 0.2) is 5.82 Å². The number of carbonyl (C=O) groups excluding carboxylic acids is 1. The van der Waals surface area contributed by atoms with Crippen LogP contribution in [0.1, 0.15) is 42.8 Å². The number of halogens is 2. The minimum atomic E-state index is -0.752. The third-order valence-corrected chi connectivity index (χ3v) is 4.07. The van der Waals surface area contributed by atoms with Crippen LogP contribution < -0.4 is 4.90 Å². The zero-order chi connectivity index (χ0) is 15.3. The molecule has 1 aromatic heterocycles. The lowest BCUT2D eigenvalue weighted by Crippen LogP contribution is -2.25. The van der Waals surface area contributed by atoms with Gasteiger partial charge in [-0.25, -0.2) is 8.78 Å². The summed E-state index contributed by atoms with van der Waals surface area (Å²) in [7, 11) is 0. The summed E-state index contributed by atoms with van der Waals surface area (Å²) in [6.07, 6.45) is 2.31. The summed E-state index contributed by atoms with van der Waals surface area (Å²) in [6, 6.07) is 3.18. The van der Waals surface area contributed by atoms with Crippen LogP contribution >= 0.6 is 0 Å². The first kappa shape index (κ1) is 13.4. The van der Waals surface area contributed by atoms with Crippen LogP contribution in [0.4, 0.5) is 14.5 Å². The van der Waals surface area contributed by atoms with Gasteiger partial charge in [0.1, 0.15) is 11.6 Å². The molecule has 1 aromatic carbocycles. The highest BCUT2D eigenvalue weighted by Gasteiger charge is 2.37. The summed E-state index contributed by atoms with van der Waals surface area (Å²) < 4.78 is 32.1. The molecule has 2 aromatic rings. The van der Waals surface area contributed by atoms with Gasteiger partial charge in [0, 0.05) is 24.9 Å². The summed E-state index contributed by atoms with van der Waals surface area (Å²) in [5.74, 6) is -0.429. The molecule has 1 amide bonds. The number of amides is 1. The van der Waals surface area contributed by atoms with E-state index in [1.807, 2.05) is 0 Å². The summed E-state index contributed by atoms with van der Waals surface area (Å²) in [5, 5.41) is 3.94. The van der Waals surface area contributed by atoms with Crippen molar-refractivity contribution in [1.82, 2.24) is 10.1 Å². The van der Waals surface area contributed by atoms with E-state index in [-0.39, 0.29) is 30.5 Å². The van der Waals surface area contributed by atoms with Crippen LogP contribution in [-0.2, 0) is 4.79 Å². The summed E-state index contributed by atoms with van der Waals surface area (Å²) in [5.41, 5.74) is 0.0795. The Hall–Kier alpha value is -2.31. The predicted molar refractivity (Wildman–Crippen MR) is 72.3 cm³/mol. The van der Waals surface area contributed by atoms with E-state index in [1.54, 1.807) is 0 Å². The van der Waals surface area contributed by atoms with Crippen molar-refractivity contribution < 1.29 is 18.1 Å². The Morgan fingerprint density at radius 2 is 2.05 bits per heavy atom. The molecule has 0 bridgehead atoms. The lowest BCUT2D eigenvalue weighted by molar-refractivity contribution is -0.117. The van der Waals surface area contributed by atoms with E-state index in [2.05, 4.69) is 10.1 Å². The third-order valence-electron chi connectivity index (χ3n) is 4.07. The second-order valence-corrected chi connectivity index (χ2v) is 5.77. The van der Waals surface area contributed by atoms with E-state index in [9.17, 15) is 13.6 Å². The smallest absolute Gasteiger partial charge is 0.232 e. The summed E-state index contributed by atoms with van der Waals surface area (Å²) in [4.78, 5) is 17.8. The standard InChI is InChI=1S/C15H13F2N3O2/c16-10-3-4-12(11(17)6-10)20-7-9(5-13(20)21)15-18-14(19-22-15)8-1-2-8/h3-4,6,8-9H,1-2,5,7H2. The Kier molecular flexibility index (Phi) is 2.95. The first-order valence-corrected chi connectivity index (χ1v) is 7.20. The molecule has 22 heavy (non-hydrogen) atoms. The van der Waals surface area contributed by atoms with Gasteiger partial charge in [-0.15, -0.1) is 0 Å². The highest BCUT2D eigenvalue weighted by atomic mass is 19.1. The van der Waals surface area contributed by atoms with Crippen molar-refractivity contribution in [1.29, 1.82) is 0 Å². The highest BCUT2D eigenvalue weighted by molar-refractivity contribution is 5.96. The Bertz CT molecular complexity index is 742. The first-order chi connectivity index (χ1) is 10.6. The van der Waals surface area contributed by atoms with Gasteiger partial charge in [-0.2, -0.15) is 4.98 Å². The average molecular weight is 305 g/mol. The minimum Gasteiger partial charge on any atom is -0.339 e. The maximum absolute atomic E-state index is 13.8. The molecule has 2 aliphatic rings. The Morgan fingerprint density at radius 3 is 2.77 bits per heavy atom. The molecule has 1 aliphatic heterocycles. The molecule has 0 radical (unpaired) electrons. The third kappa shape index (κ3) is 2.26. The average Bonchev–Trinajstić information content (AvgIpc) is 3.08. The lowest BCUT2D eigenvalue weighted by atomic mass is 10.1. The van der Waals surface area contributed by atoms with Crippen molar-refractivity contribution in [2.24, 2.45) is 0 Å². The Balaban J connectivity index is 1.57. The molecule has 1 atom stereocenters. The number of nitrogens with zero attached hydrogens (tertiary/aromatic N) is 3. The van der Waals surface area contributed by atoms with Gasteiger partial charge >= 0.3 is 0 Å². The molecule has 7 heteroatoms. The van der Waals surface area contributed by atoms with E-state index in [4.69, 9.17) is 4.52 Å². The van der Waals surface area contributed by atoms with Crippen molar-refractivity contribution in [2.45, 2.75) is 31.1 Å². The molecular formula is C15H13F2N3O2. The zero-order valence-corrected chi connectivity index (χ0v) is 11.6. The van der Waals surface area contributed by atoms with Crippen molar-refractivity contribution in [3.8, 4) is 0 Å². The minimum absolute atomic E-state index is 0.0795. The SMILES string of the molecule is O=C1CC(c2nc(C3CC3)no2)CN1c1ccc(F)cc1F. The van der Waals surface area contributed by atoms with Crippen LogP contribution in [0.25, 0.3) is 0 Å². The second kappa shape index (κ2) is 4.86. The number of hydrogen-bond donors (Lipinski definition) is 0. The van der Waals surface area contributed by atoms with Gasteiger partial charge in [-0.3, -0.25) is 4.79 Å². The van der Waals surface area contributed by atoms with Crippen molar-refractivity contribution in [3.05, 3.63) is 41.5 Å². The number of anilines is 1. The van der Waals surface area contributed by atoms with E-state index < -0.39 is 11.6 Å². The quantitative estimate of drug-likeness (QED) is 0.875. The highest BCUT2D eigenvalue weighted by Crippen LogP contribution is 2.39. The maximum Gasteiger partial charge on any atom is 0.232 e. The molecule has 0 spiro atoms. The van der Waals surface area contributed by atoms with Crippen LogP contribution in [-0.4, -0.2) is 22.6 Å². The largest absolute Gasteiger partial charge is 0.339 e. The lowest BCUT2D eigenvalue weighted by Gasteiger charge is -2.16.